The van der Waals surface area contributed by atoms with Crippen LogP contribution in [0.3, 0.4) is 0 Å². The Balaban J connectivity index is 2.25. The van der Waals surface area contributed by atoms with Gasteiger partial charge in [0, 0.05) is 11.5 Å². The van der Waals surface area contributed by atoms with Crippen molar-refractivity contribution in [3.05, 3.63) is 47.5 Å². The largest absolute Gasteiger partial charge is 0.153 e. The first-order valence-corrected chi connectivity index (χ1v) is 5.69. The van der Waals surface area contributed by atoms with Crippen molar-refractivity contribution in [2.45, 2.75) is 19.6 Å². The van der Waals surface area contributed by atoms with Crippen molar-refractivity contribution in [1.29, 1.82) is 0 Å². The summed E-state index contributed by atoms with van der Waals surface area (Å²) in [6.45, 7) is 4.28. The van der Waals surface area contributed by atoms with Crippen LogP contribution in [0.2, 0.25) is 0 Å². The molecule has 0 nitrogen and oxygen atoms in total. The molecule has 1 aromatic rings. The summed E-state index contributed by atoms with van der Waals surface area (Å²) in [5.74, 6) is 2.24. The number of hydrogen-bond donors (Lipinski definition) is 0. The monoisotopic (exact) mass is 192 g/mol. The van der Waals surface area contributed by atoms with Gasteiger partial charge in [0.2, 0.25) is 0 Å². The molecule has 0 saturated carbocycles. The zero-order chi connectivity index (χ0) is 9.52. The highest BCUT2D eigenvalue weighted by molar-refractivity contribution is 7.98. The Hall–Kier alpha value is -0.690. The van der Waals surface area contributed by atoms with Crippen LogP contribution in [0.15, 0.2) is 42.0 Å². The van der Waals surface area contributed by atoms with Crippen LogP contribution >= 0.6 is 11.8 Å². The Morgan fingerprint density at radius 1 is 1.23 bits per heavy atom. The van der Waals surface area contributed by atoms with E-state index < -0.39 is 0 Å². The van der Waals surface area contributed by atoms with E-state index in [0.29, 0.717) is 0 Å². The van der Waals surface area contributed by atoms with E-state index in [1.807, 2.05) is 11.8 Å². The van der Waals surface area contributed by atoms with E-state index in [9.17, 15) is 0 Å². The molecule has 0 aromatic heterocycles. The number of hydrogen-bond acceptors (Lipinski definition) is 1. The van der Waals surface area contributed by atoms with Crippen LogP contribution in [-0.4, -0.2) is 5.75 Å². The Labute approximate surface area is 85.1 Å². The fourth-order valence-electron chi connectivity index (χ4n) is 0.977. The second-order valence-corrected chi connectivity index (χ2v) is 4.31. The van der Waals surface area contributed by atoms with Crippen LogP contribution in [0.5, 0.6) is 0 Å². The Kier molecular flexibility index (Phi) is 4.69. The lowest BCUT2D eigenvalue weighted by atomic mass is 10.2. The van der Waals surface area contributed by atoms with Gasteiger partial charge in [0.05, 0.1) is 0 Å². The number of thioether (sulfide) groups is 1. The summed E-state index contributed by atoms with van der Waals surface area (Å²) < 4.78 is 0. The molecule has 0 heterocycles. The third-order valence-electron chi connectivity index (χ3n) is 1.72. The van der Waals surface area contributed by atoms with E-state index in [4.69, 9.17) is 0 Å². The lowest BCUT2D eigenvalue weighted by molar-refractivity contribution is 1.36. The van der Waals surface area contributed by atoms with Crippen molar-refractivity contribution in [2.75, 3.05) is 5.75 Å². The van der Waals surface area contributed by atoms with E-state index in [1.54, 1.807) is 0 Å². The summed E-state index contributed by atoms with van der Waals surface area (Å²) in [6.07, 6.45) is 2.27. The van der Waals surface area contributed by atoms with E-state index in [2.05, 4.69) is 50.3 Å². The van der Waals surface area contributed by atoms with Gasteiger partial charge < -0.3 is 0 Å². The normalized spacial score (nSPS) is 9.69. The van der Waals surface area contributed by atoms with Gasteiger partial charge in [-0.3, -0.25) is 0 Å². The van der Waals surface area contributed by atoms with Crippen molar-refractivity contribution >= 4 is 11.8 Å². The number of allylic oxidation sites excluding steroid dienone is 1. The van der Waals surface area contributed by atoms with Crippen LogP contribution in [-0.2, 0) is 5.75 Å². The van der Waals surface area contributed by atoms with Crippen LogP contribution in [0.4, 0.5) is 0 Å². The third kappa shape index (κ3) is 4.79. The molecule has 13 heavy (non-hydrogen) atoms. The highest BCUT2D eigenvalue weighted by Crippen LogP contribution is 2.12. The van der Waals surface area contributed by atoms with Crippen LogP contribution in [0.1, 0.15) is 19.4 Å². The van der Waals surface area contributed by atoms with Crippen molar-refractivity contribution < 1.29 is 0 Å². The van der Waals surface area contributed by atoms with Gasteiger partial charge in [-0.25, -0.2) is 0 Å². The lowest BCUT2D eigenvalue weighted by Crippen LogP contribution is -1.80. The first kappa shape index (κ1) is 10.4. The minimum atomic E-state index is 1.12. The van der Waals surface area contributed by atoms with Crippen molar-refractivity contribution in [1.82, 2.24) is 0 Å². The molecular formula is C12H16S. The zero-order valence-electron chi connectivity index (χ0n) is 8.29. The van der Waals surface area contributed by atoms with Crippen LogP contribution in [0, 0.1) is 0 Å². The van der Waals surface area contributed by atoms with E-state index in [-0.39, 0.29) is 0 Å². The predicted molar refractivity (Wildman–Crippen MR) is 62.0 cm³/mol. The maximum Gasteiger partial charge on any atom is 0.0187 e. The average Bonchev–Trinajstić information content (AvgIpc) is 2.14. The second kappa shape index (κ2) is 5.87. The standard InChI is InChI=1S/C12H16S/c1-11(2)8-9-13-10-12-6-4-3-5-7-12/h3-8H,9-10H2,1-2H3. The fraction of sp³-hybridized carbons (Fsp3) is 0.333. The maximum atomic E-state index is 2.27. The van der Waals surface area contributed by atoms with Crippen molar-refractivity contribution in [2.24, 2.45) is 0 Å². The Morgan fingerprint density at radius 2 is 1.92 bits per heavy atom. The van der Waals surface area contributed by atoms with E-state index >= 15 is 0 Å². The Bertz CT molecular complexity index is 258. The summed E-state index contributed by atoms with van der Waals surface area (Å²) in [7, 11) is 0. The summed E-state index contributed by atoms with van der Waals surface area (Å²) in [5, 5.41) is 0. The molecule has 0 amide bonds. The topological polar surface area (TPSA) is 0 Å². The summed E-state index contributed by atoms with van der Waals surface area (Å²) in [4.78, 5) is 0. The van der Waals surface area contributed by atoms with Crippen LogP contribution in [0.25, 0.3) is 0 Å². The summed E-state index contributed by atoms with van der Waals surface area (Å²) in [5.41, 5.74) is 2.82. The van der Waals surface area contributed by atoms with Gasteiger partial charge in [-0.2, -0.15) is 11.8 Å². The first-order valence-electron chi connectivity index (χ1n) is 4.54. The summed E-state index contributed by atoms with van der Waals surface area (Å²) in [6, 6.07) is 10.6. The SMILES string of the molecule is CC(C)=CCSCc1ccccc1. The Morgan fingerprint density at radius 3 is 2.54 bits per heavy atom. The van der Waals surface area contributed by atoms with Gasteiger partial charge in [-0.05, 0) is 19.4 Å². The molecule has 0 fully saturated rings. The van der Waals surface area contributed by atoms with Gasteiger partial charge >= 0.3 is 0 Å². The molecule has 0 unspecified atom stereocenters. The highest BCUT2D eigenvalue weighted by atomic mass is 32.2. The minimum Gasteiger partial charge on any atom is -0.153 e. The van der Waals surface area contributed by atoms with E-state index in [1.165, 1.54) is 11.1 Å². The second-order valence-electron chi connectivity index (χ2n) is 3.28. The number of rotatable bonds is 4. The molecule has 1 heteroatoms. The molecule has 1 rings (SSSR count). The molecule has 0 N–H and O–H groups in total. The number of benzene rings is 1. The molecule has 0 aliphatic carbocycles. The predicted octanol–water partition coefficient (Wildman–Crippen LogP) is 3.89. The molecule has 0 spiro atoms. The van der Waals surface area contributed by atoms with Gasteiger partial charge in [0.25, 0.3) is 0 Å². The molecule has 0 bridgehead atoms. The highest BCUT2D eigenvalue weighted by Gasteiger charge is 1.89. The van der Waals surface area contributed by atoms with Gasteiger partial charge in [0.1, 0.15) is 0 Å². The van der Waals surface area contributed by atoms with Gasteiger partial charge in [-0.1, -0.05) is 42.0 Å². The fourth-order valence-corrected chi connectivity index (χ4v) is 1.97. The molecule has 0 saturated heterocycles. The zero-order valence-corrected chi connectivity index (χ0v) is 9.10. The quantitative estimate of drug-likeness (QED) is 0.515. The summed E-state index contributed by atoms with van der Waals surface area (Å²) >= 11 is 1.96. The molecule has 70 valence electrons. The minimum absolute atomic E-state index is 1.12. The smallest absolute Gasteiger partial charge is 0.0187 e. The van der Waals surface area contributed by atoms with E-state index in [0.717, 1.165) is 11.5 Å². The first-order chi connectivity index (χ1) is 6.29. The third-order valence-corrected chi connectivity index (χ3v) is 2.66. The van der Waals surface area contributed by atoms with Crippen molar-refractivity contribution in [3.63, 3.8) is 0 Å². The molecular weight excluding hydrogens is 176 g/mol. The van der Waals surface area contributed by atoms with Crippen LogP contribution < -0.4 is 0 Å². The molecule has 0 atom stereocenters. The molecule has 0 aliphatic rings. The lowest BCUT2D eigenvalue weighted by Gasteiger charge is -1.98. The van der Waals surface area contributed by atoms with Crippen molar-refractivity contribution in [3.8, 4) is 0 Å². The molecule has 0 radical (unpaired) electrons. The molecule has 0 aliphatic heterocycles. The molecule has 1 aromatic carbocycles. The van der Waals surface area contributed by atoms with Gasteiger partial charge in [0.15, 0.2) is 0 Å². The average molecular weight is 192 g/mol. The maximum absolute atomic E-state index is 2.27. The van der Waals surface area contributed by atoms with Gasteiger partial charge in [-0.15, -0.1) is 0 Å².